The van der Waals surface area contributed by atoms with Gasteiger partial charge in [-0.1, -0.05) is 24.6 Å². The molecule has 0 radical (unpaired) electrons. The Kier molecular flexibility index (Phi) is 6.15. The van der Waals surface area contributed by atoms with Crippen molar-refractivity contribution in [3.05, 3.63) is 77.9 Å². The molecule has 0 unspecified atom stereocenters. The summed E-state index contributed by atoms with van der Waals surface area (Å²) in [6.45, 7) is 0.602. The van der Waals surface area contributed by atoms with Crippen molar-refractivity contribution in [3.8, 4) is 5.69 Å². The van der Waals surface area contributed by atoms with Crippen LogP contribution in [0, 0.1) is 5.82 Å². The van der Waals surface area contributed by atoms with Crippen molar-refractivity contribution in [3.63, 3.8) is 0 Å². The Morgan fingerprint density at radius 1 is 1.03 bits per heavy atom. The maximum absolute atomic E-state index is 14.3. The topological polar surface area (TPSA) is 81.5 Å². The van der Waals surface area contributed by atoms with E-state index >= 15 is 0 Å². The average molecular weight is 444 g/mol. The highest BCUT2D eigenvalue weighted by Gasteiger charge is 2.29. The molecular weight excluding hydrogens is 421 g/mol. The van der Waals surface area contributed by atoms with Crippen molar-refractivity contribution in [2.75, 3.05) is 13.1 Å². The van der Waals surface area contributed by atoms with Gasteiger partial charge in [-0.2, -0.15) is 9.40 Å². The van der Waals surface area contributed by atoms with Gasteiger partial charge in [0.1, 0.15) is 23.0 Å². The first-order valence-corrected chi connectivity index (χ1v) is 11.5. The van der Waals surface area contributed by atoms with Crippen LogP contribution in [0.1, 0.15) is 35.3 Å². The first kappa shape index (κ1) is 21.2. The smallest absolute Gasteiger partial charge is 0.338 e. The first-order valence-electron chi connectivity index (χ1n) is 10.0. The van der Waals surface area contributed by atoms with Crippen LogP contribution in [0.25, 0.3) is 5.69 Å². The number of piperidine rings is 1. The lowest BCUT2D eigenvalue weighted by Gasteiger charge is -2.26. The van der Waals surface area contributed by atoms with Gasteiger partial charge < -0.3 is 4.74 Å². The number of aromatic nitrogens is 2. The fraction of sp³-hybridized carbons (Fsp3) is 0.273. The molecule has 0 N–H and O–H groups in total. The zero-order valence-corrected chi connectivity index (χ0v) is 17.6. The molecule has 1 saturated heterocycles. The number of para-hydroxylation sites is 1. The minimum absolute atomic E-state index is 0.0283. The van der Waals surface area contributed by atoms with Crippen LogP contribution in [-0.2, 0) is 21.4 Å². The van der Waals surface area contributed by atoms with E-state index < -0.39 is 26.7 Å². The number of carbonyl (C=O) groups is 1. The molecule has 0 amide bonds. The molecule has 2 heterocycles. The van der Waals surface area contributed by atoms with Gasteiger partial charge in [-0.15, -0.1) is 0 Å². The van der Waals surface area contributed by atoms with Crippen molar-refractivity contribution in [1.82, 2.24) is 14.1 Å². The van der Waals surface area contributed by atoms with E-state index in [-0.39, 0.29) is 12.2 Å². The summed E-state index contributed by atoms with van der Waals surface area (Å²) >= 11 is 0. The van der Waals surface area contributed by atoms with E-state index in [0.29, 0.717) is 18.8 Å². The summed E-state index contributed by atoms with van der Waals surface area (Å²) in [4.78, 5) is 12.0. The largest absolute Gasteiger partial charge is 0.456 e. The van der Waals surface area contributed by atoms with Crippen LogP contribution < -0.4 is 0 Å². The van der Waals surface area contributed by atoms with Gasteiger partial charge >= 0.3 is 5.97 Å². The van der Waals surface area contributed by atoms with E-state index in [0.717, 1.165) is 37.1 Å². The van der Waals surface area contributed by atoms with Gasteiger partial charge in [-0.05, 0) is 49.2 Å². The monoisotopic (exact) mass is 443 g/mol. The number of rotatable bonds is 6. The predicted molar refractivity (Wildman–Crippen MR) is 112 cm³/mol. The van der Waals surface area contributed by atoms with Crippen molar-refractivity contribution in [2.45, 2.75) is 30.8 Å². The second-order valence-corrected chi connectivity index (χ2v) is 9.18. The zero-order valence-electron chi connectivity index (χ0n) is 16.8. The molecule has 0 saturated carbocycles. The van der Waals surface area contributed by atoms with Crippen molar-refractivity contribution in [1.29, 1.82) is 0 Å². The number of benzene rings is 2. The van der Waals surface area contributed by atoms with Crippen LogP contribution >= 0.6 is 0 Å². The van der Waals surface area contributed by atoms with Crippen LogP contribution in [0.2, 0.25) is 0 Å². The van der Waals surface area contributed by atoms with Crippen LogP contribution in [0.5, 0.6) is 0 Å². The van der Waals surface area contributed by atoms with E-state index in [2.05, 4.69) is 5.10 Å². The molecule has 1 aliphatic rings. The van der Waals surface area contributed by atoms with E-state index in [4.69, 9.17) is 4.74 Å². The second kappa shape index (κ2) is 8.99. The Morgan fingerprint density at radius 3 is 2.52 bits per heavy atom. The van der Waals surface area contributed by atoms with Gasteiger partial charge in [-0.25, -0.2) is 22.3 Å². The van der Waals surface area contributed by atoms with Crippen LogP contribution in [0.3, 0.4) is 0 Å². The third-order valence-corrected chi connectivity index (χ3v) is 7.03. The molecule has 7 nitrogen and oxygen atoms in total. The molecule has 1 aromatic heterocycles. The van der Waals surface area contributed by atoms with Crippen LogP contribution in [0.4, 0.5) is 4.39 Å². The molecule has 31 heavy (non-hydrogen) atoms. The maximum atomic E-state index is 14.3. The van der Waals surface area contributed by atoms with Gasteiger partial charge in [0.2, 0.25) is 10.0 Å². The lowest BCUT2D eigenvalue weighted by Crippen LogP contribution is -2.36. The third kappa shape index (κ3) is 4.67. The number of ether oxygens (including phenoxy) is 1. The number of carbonyl (C=O) groups excluding carboxylic acids is 1. The summed E-state index contributed by atoms with van der Waals surface area (Å²) in [6.07, 6.45) is 4.16. The number of sulfonamides is 1. The molecule has 0 bridgehead atoms. The number of hydrogen-bond acceptors (Lipinski definition) is 5. The standard InChI is InChI=1S/C22H22FN3O4S/c23-20-10-9-17(15-21(20)31(28,29)25-12-5-2-6-13-25)22(27)30-16-18-11-14-26(24-18)19-7-3-1-4-8-19/h1,3-4,7-11,14-15H,2,5-6,12-13,16H2. The normalized spacial score (nSPS) is 15.0. The third-order valence-electron chi connectivity index (χ3n) is 5.12. The van der Waals surface area contributed by atoms with Crippen molar-refractivity contribution >= 4 is 16.0 Å². The van der Waals surface area contributed by atoms with E-state index in [9.17, 15) is 17.6 Å². The fourth-order valence-electron chi connectivity index (χ4n) is 3.46. The molecular formula is C22H22FN3O4S. The Labute approximate surface area is 180 Å². The van der Waals surface area contributed by atoms with Gasteiger partial charge in [0.05, 0.1) is 11.3 Å². The SMILES string of the molecule is O=C(OCc1ccn(-c2ccccc2)n1)c1ccc(F)c(S(=O)(=O)N2CCCCC2)c1. The highest BCUT2D eigenvalue weighted by molar-refractivity contribution is 7.89. The Morgan fingerprint density at radius 2 is 1.77 bits per heavy atom. The van der Waals surface area contributed by atoms with Crippen molar-refractivity contribution in [2.24, 2.45) is 0 Å². The number of hydrogen-bond donors (Lipinski definition) is 0. The van der Waals surface area contributed by atoms with E-state index in [1.54, 1.807) is 16.9 Å². The summed E-state index contributed by atoms with van der Waals surface area (Å²) in [5.41, 5.74) is 1.37. The number of nitrogens with zero attached hydrogens (tertiary/aromatic N) is 3. The Balaban J connectivity index is 1.47. The lowest BCUT2D eigenvalue weighted by molar-refractivity contribution is 0.0467. The van der Waals surface area contributed by atoms with Gasteiger partial charge in [0.15, 0.2) is 0 Å². The van der Waals surface area contributed by atoms with Crippen LogP contribution in [0.15, 0.2) is 65.7 Å². The molecule has 4 rings (SSSR count). The summed E-state index contributed by atoms with van der Waals surface area (Å²) in [6, 6.07) is 14.4. The molecule has 1 fully saturated rings. The fourth-order valence-corrected chi connectivity index (χ4v) is 5.07. The highest BCUT2D eigenvalue weighted by Crippen LogP contribution is 2.24. The second-order valence-electron chi connectivity index (χ2n) is 7.27. The maximum Gasteiger partial charge on any atom is 0.338 e. The lowest BCUT2D eigenvalue weighted by atomic mass is 10.2. The quantitative estimate of drug-likeness (QED) is 0.545. The molecule has 3 aromatic rings. The van der Waals surface area contributed by atoms with Crippen LogP contribution in [-0.4, -0.2) is 41.6 Å². The zero-order chi connectivity index (χ0) is 21.8. The van der Waals surface area contributed by atoms with Gasteiger partial charge in [-0.3, -0.25) is 0 Å². The average Bonchev–Trinajstić information content (AvgIpc) is 3.28. The number of halogens is 1. The first-order chi connectivity index (χ1) is 14.9. The minimum atomic E-state index is -4.01. The Hall–Kier alpha value is -3.04. The minimum Gasteiger partial charge on any atom is -0.456 e. The van der Waals surface area contributed by atoms with Gasteiger partial charge in [0, 0.05) is 19.3 Å². The summed E-state index contributed by atoms with van der Waals surface area (Å²) < 4.78 is 48.2. The Bertz CT molecular complexity index is 1170. The molecule has 1 aliphatic heterocycles. The molecule has 162 valence electrons. The molecule has 0 aliphatic carbocycles. The molecule has 0 atom stereocenters. The summed E-state index contributed by atoms with van der Waals surface area (Å²) in [7, 11) is -4.01. The number of esters is 1. The van der Waals surface area contributed by atoms with E-state index in [1.807, 2.05) is 30.3 Å². The summed E-state index contributed by atoms with van der Waals surface area (Å²) in [5.74, 6) is -1.63. The van der Waals surface area contributed by atoms with Crippen molar-refractivity contribution < 1.29 is 22.3 Å². The summed E-state index contributed by atoms with van der Waals surface area (Å²) in [5, 5.41) is 4.36. The highest BCUT2D eigenvalue weighted by atomic mass is 32.2. The van der Waals surface area contributed by atoms with E-state index in [1.165, 1.54) is 10.4 Å². The predicted octanol–water partition coefficient (Wildman–Crippen LogP) is 3.54. The molecule has 9 heteroatoms. The molecule has 0 spiro atoms. The van der Waals surface area contributed by atoms with Gasteiger partial charge in [0.25, 0.3) is 0 Å². The molecule has 2 aromatic carbocycles.